The topological polar surface area (TPSA) is 44.8 Å². The van der Waals surface area contributed by atoms with Crippen LogP contribution in [0.3, 0.4) is 0 Å². The van der Waals surface area contributed by atoms with Crippen LogP contribution in [0.2, 0.25) is 0 Å². The van der Waals surface area contributed by atoms with Gasteiger partial charge in [0.05, 0.1) is 0 Å². The number of allylic oxidation sites excluding steroid dienone is 2. The minimum absolute atomic E-state index is 0.0497. The Morgan fingerprint density at radius 3 is 2.24 bits per heavy atom. The van der Waals surface area contributed by atoms with Gasteiger partial charge in [-0.3, -0.25) is 4.90 Å². The lowest BCUT2D eigenvalue weighted by Crippen LogP contribution is -2.66. The van der Waals surface area contributed by atoms with E-state index in [2.05, 4.69) is 5.32 Å². The largest absolute Gasteiger partial charge is 0.444 e. The van der Waals surface area contributed by atoms with E-state index in [1.54, 1.807) is 32.9 Å². The summed E-state index contributed by atoms with van der Waals surface area (Å²) in [5.74, 6) is -0.311. The van der Waals surface area contributed by atoms with Crippen LogP contribution in [-0.2, 0) is 11.3 Å². The molecule has 1 aliphatic carbocycles. The Labute approximate surface area is 239 Å². The summed E-state index contributed by atoms with van der Waals surface area (Å²) in [5.41, 5.74) is -1.13. The first-order valence-electron chi connectivity index (χ1n) is 13.9. The summed E-state index contributed by atoms with van der Waals surface area (Å²) in [7, 11) is 0. The third-order valence-electron chi connectivity index (χ3n) is 7.65. The van der Waals surface area contributed by atoms with Gasteiger partial charge in [-0.2, -0.15) is 13.2 Å². The smallest absolute Gasteiger partial charge is 0.416 e. The molecule has 1 saturated heterocycles. The fourth-order valence-electron chi connectivity index (χ4n) is 5.59. The van der Waals surface area contributed by atoms with Crippen molar-refractivity contribution in [3.05, 3.63) is 108 Å². The number of ether oxygens (including phenoxy) is 1. The number of carbonyl (C=O) groups excluding carboxylic acids is 1. The summed E-state index contributed by atoms with van der Waals surface area (Å²) in [6, 6.07) is 23.4. The van der Waals surface area contributed by atoms with Gasteiger partial charge in [-0.15, -0.1) is 0 Å². The van der Waals surface area contributed by atoms with Crippen LogP contribution in [0.1, 0.15) is 37.8 Å². The van der Waals surface area contributed by atoms with Gasteiger partial charge < -0.3 is 15.0 Å². The number of piperazine rings is 1. The van der Waals surface area contributed by atoms with Crippen LogP contribution in [0.4, 0.5) is 18.0 Å². The number of fused-ring (bicyclic) bond motifs is 1. The van der Waals surface area contributed by atoms with E-state index < -0.39 is 23.4 Å². The SMILES string of the molecule is CC(C)(C)OC(=O)N1CCN(C2(C(F)(F)F)C=CC(c3ccccc3)C=C2NCc2ccc3ccccc3c2)CC1. The Morgan fingerprint density at radius 1 is 0.927 bits per heavy atom. The summed E-state index contributed by atoms with van der Waals surface area (Å²) < 4.78 is 51.3. The summed E-state index contributed by atoms with van der Waals surface area (Å²) >= 11 is 0. The van der Waals surface area contributed by atoms with Gasteiger partial charge in [0, 0.05) is 44.3 Å². The number of nitrogens with one attached hydrogen (secondary N) is 1. The van der Waals surface area contributed by atoms with E-state index in [1.165, 1.54) is 15.9 Å². The lowest BCUT2D eigenvalue weighted by atomic mass is 9.81. The molecule has 216 valence electrons. The fraction of sp³-hybridized carbons (Fsp3) is 0.364. The number of hydrogen-bond donors (Lipinski definition) is 1. The van der Waals surface area contributed by atoms with Crippen molar-refractivity contribution in [2.45, 2.75) is 50.6 Å². The molecule has 0 bridgehead atoms. The number of alkyl halides is 3. The van der Waals surface area contributed by atoms with E-state index in [9.17, 15) is 4.79 Å². The van der Waals surface area contributed by atoms with Crippen LogP contribution in [0, 0.1) is 0 Å². The predicted molar refractivity (Wildman–Crippen MR) is 155 cm³/mol. The first-order chi connectivity index (χ1) is 19.5. The van der Waals surface area contributed by atoms with Crippen LogP contribution in [-0.4, -0.2) is 59.4 Å². The van der Waals surface area contributed by atoms with Crippen LogP contribution >= 0.6 is 0 Å². The molecule has 2 atom stereocenters. The zero-order chi connectivity index (χ0) is 29.3. The van der Waals surface area contributed by atoms with Crippen LogP contribution in [0.15, 0.2) is 96.7 Å². The highest BCUT2D eigenvalue weighted by Crippen LogP contribution is 2.46. The zero-order valence-electron chi connectivity index (χ0n) is 23.6. The summed E-state index contributed by atoms with van der Waals surface area (Å²) in [4.78, 5) is 15.5. The molecule has 2 aliphatic rings. The fourth-order valence-corrected chi connectivity index (χ4v) is 5.59. The quantitative estimate of drug-likeness (QED) is 0.339. The maximum absolute atomic E-state index is 15.3. The van der Waals surface area contributed by atoms with Crippen molar-refractivity contribution < 1.29 is 22.7 Å². The van der Waals surface area contributed by atoms with Crippen molar-refractivity contribution in [3.63, 3.8) is 0 Å². The molecule has 5 nitrogen and oxygen atoms in total. The van der Waals surface area contributed by atoms with Gasteiger partial charge in [0.2, 0.25) is 0 Å². The second-order valence-corrected chi connectivity index (χ2v) is 11.6. The van der Waals surface area contributed by atoms with Crippen molar-refractivity contribution in [3.8, 4) is 0 Å². The second kappa shape index (κ2) is 11.2. The van der Waals surface area contributed by atoms with Crippen molar-refractivity contribution in [2.24, 2.45) is 0 Å². The third kappa shape index (κ3) is 6.12. The van der Waals surface area contributed by atoms with Gasteiger partial charge in [0.25, 0.3) is 0 Å². The van der Waals surface area contributed by atoms with Gasteiger partial charge in [-0.25, -0.2) is 4.79 Å². The van der Waals surface area contributed by atoms with Crippen LogP contribution in [0.25, 0.3) is 10.8 Å². The number of rotatable bonds is 5. The predicted octanol–water partition coefficient (Wildman–Crippen LogP) is 7.02. The number of benzene rings is 3. The molecule has 1 N–H and O–H groups in total. The highest BCUT2D eigenvalue weighted by Gasteiger charge is 2.60. The number of nitrogens with zero attached hydrogens (tertiary/aromatic N) is 2. The molecule has 1 fully saturated rings. The average Bonchev–Trinajstić information content (AvgIpc) is 2.95. The first kappa shape index (κ1) is 28.7. The second-order valence-electron chi connectivity index (χ2n) is 11.6. The van der Waals surface area contributed by atoms with Crippen molar-refractivity contribution >= 4 is 16.9 Å². The molecule has 1 heterocycles. The molecule has 1 aliphatic heterocycles. The number of hydrogen-bond acceptors (Lipinski definition) is 4. The Morgan fingerprint density at radius 2 is 1.59 bits per heavy atom. The number of amides is 1. The maximum Gasteiger partial charge on any atom is 0.416 e. The van der Waals surface area contributed by atoms with E-state index in [-0.39, 0.29) is 44.3 Å². The molecule has 8 heteroatoms. The Hall–Kier alpha value is -3.78. The molecule has 41 heavy (non-hydrogen) atoms. The van der Waals surface area contributed by atoms with Gasteiger partial charge >= 0.3 is 12.3 Å². The van der Waals surface area contributed by atoms with Crippen LogP contribution < -0.4 is 5.32 Å². The molecule has 0 saturated carbocycles. The van der Waals surface area contributed by atoms with E-state index in [4.69, 9.17) is 4.74 Å². The van der Waals surface area contributed by atoms with Gasteiger partial charge in [0.1, 0.15) is 5.60 Å². The average molecular weight is 564 g/mol. The Bertz CT molecular complexity index is 1440. The minimum Gasteiger partial charge on any atom is -0.444 e. The molecule has 1 amide bonds. The molecular formula is C33H36F3N3O2. The highest BCUT2D eigenvalue weighted by atomic mass is 19.4. The van der Waals surface area contributed by atoms with Gasteiger partial charge in [-0.05, 0) is 48.7 Å². The molecule has 5 rings (SSSR count). The molecule has 0 aromatic heterocycles. The molecule has 0 spiro atoms. The third-order valence-corrected chi connectivity index (χ3v) is 7.65. The maximum atomic E-state index is 15.3. The van der Waals surface area contributed by atoms with Crippen molar-refractivity contribution in [1.82, 2.24) is 15.1 Å². The van der Waals surface area contributed by atoms with Crippen molar-refractivity contribution in [1.29, 1.82) is 0 Å². The molecular weight excluding hydrogens is 527 g/mol. The standard InChI is InChI=1S/C33H36F3N3O2/c1-31(2,3)41-30(40)38-17-19-39(20-18-38)32(33(34,35)36)16-15-28(25-9-5-4-6-10-25)22-29(32)37-23-24-13-14-26-11-7-8-12-27(26)21-24/h4-16,21-22,28,37H,17-20,23H2,1-3H3. The summed E-state index contributed by atoms with van der Waals surface area (Å²) in [6.45, 7) is 5.93. The van der Waals surface area contributed by atoms with E-state index in [1.807, 2.05) is 72.8 Å². The molecule has 0 radical (unpaired) electrons. The molecule has 2 unspecified atom stereocenters. The zero-order valence-corrected chi connectivity index (χ0v) is 23.6. The Kier molecular flexibility index (Phi) is 7.88. The lowest BCUT2D eigenvalue weighted by Gasteiger charge is -2.49. The number of carbonyl (C=O) groups is 1. The minimum atomic E-state index is -4.61. The summed E-state index contributed by atoms with van der Waals surface area (Å²) in [6.07, 6.45) is -0.474. The first-order valence-corrected chi connectivity index (χ1v) is 13.9. The Balaban J connectivity index is 1.45. The van der Waals surface area contributed by atoms with E-state index in [0.29, 0.717) is 0 Å². The van der Waals surface area contributed by atoms with E-state index >= 15 is 13.2 Å². The van der Waals surface area contributed by atoms with Crippen molar-refractivity contribution in [2.75, 3.05) is 26.2 Å². The molecule has 3 aromatic carbocycles. The normalized spacial score (nSPS) is 22.0. The van der Waals surface area contributed by atoms with Gasteiger partial charge in [-0.1, -0.05) is 85.0 Å². The van der Waals surface area contributed by atoms with Gasteiger partial charge in [0.15, 0.2) is 5.54 Å². The molecule has 3 aromatic rings. The van der Waals surface area contributed by atoms with E-state index in [0.717, 1.165) is 21.9 Å². The monoisotopic (exact) mass is 563 g/mol. The highest BCUT2D eigenvalue weighted by molar-refractivity contribution is 5.83. The lowest BCUT2D eigenvalue weighted by molar-refractivity contribution is -0.208. The summed E-state index contributed by atoms with van der Waals surface area (Å²) in [5, 5.41) is 5.32. The number of halogens is 3. The van der Waals surface area contributed by atoms with Crippen LogP contribution in [0.5, 0.6) is 0 Å².